The van der Waals surface area contributed by atoms with Gasteiger partial charge in [0.25, 0.3) is 5.91 Å². The number of anilines is 1. The number of carboxylic acid groups (broad SMARTS) is 2. The molecule has 1 aromatic carbocycles. The fourth-order valence-corrected chi connectivity index (χ4v) is 3.36. The Morgan fingerprint density at radius 2 is 1.89 bits per heavy atom. The van der Waals surface area contributed by atoms with E-state index in [1.807, 2.05) is 0 Å². The molecule has 38 heavy (non-hydrogen) atoms. The van der Waals surface area contributed by atoms with Crippen molar-refractivity contribution < 1.29 is 49.4 Å². The van der Waals surface area contributed by atoms with Gasteiger partial charge in [0.1, 0.15) is 17.0 Å². The first-order valence-corrected chi connectivity index (χ1v) is 11.3. The third-order valence-electron chi connectivity index (χ3n) is 4.74. The average molecular weight is 574 g/mol. The number of aromatic nitrogens is 1. The Kier molecular flexibility index (Phi) is 11.6. The lowest BCUT2D eigenvalue weighted by molar-refractivity contribution is -0.161. The fourth-order valence-electron chi connectivity index (χ4n) is 2.65. The second-order valence-electron chi connectivity index (χ2n) is 7.95. The topological polar surface area (TPSA) is 254 Å². The third-order valence-corrected chi connectivity index (χ3v) is 5.50. The van der Waals surface area contributed by atoms with E-state index in [1.54, 1.807) is 0 Å². The lowest BCUT2D eigenvalue weighted by Gasteiger charge is -2.20. The Morgan fingerprint density at radius 1 is 1.24 bits per heavy atom. The molecule has 2 aromatic rings. The first-order chi connectivity index (χ1) is 17.3. The number of carbonyl (C=O) groups is 4. The van der Waals surface area contributed by atoms with Crippen molar-refractivity contribution in [2.75, 3.05) is 11.9 Å². The molecule has 0 aliphatic heterocycles. The van der Waals surface area contributed by atoms with Crippen molar-refractivity contribution in [2.24, 2.45) is 10.9 Å². The van der Waals surface area contributed by atoms with Gasteiger partial charge in [-0.3, -0.25) is 9.59 Å². The quantitative estimate of drug-likeness (QED) is 0.0881. The monoisotopic (exact) mass is 573 g/mol. The molecule has 0 bridgehead atoms. The summed E-state index contributed by atoms with van der Waals surface area (Å²) in [6.07, 6.45) is -0.417. The maximum absolute atomic E-state index is 13.1. The summed E-state index contributed by atoms with van der Waals surface area (Å²) in [5, 5.41) is 57.9. The predicted molar refractivity (Wildman–Crippen MR) is 137 cm³/mol. The number of halogens is 1. The summed E-state index contributed by atoms with van der Waals surface area (Å²) >= 11 is 0.894. The van der Waals surface area contributed by atoms with Gasteiger partial charge in [0.2, 0.25) is 11.5 Å². The van der Waals surface area contributed by atoms with Crippen molar-refractivity contribution in [3.63, 3.8) is 0 Å². The normalized spacial score (nSPS) is 12.1. The Morgan fingerprint density at radius 3 is 2.45 bits per heavy atom. The van der Waals surface area contributed by atoms with Gasteiger partial charge in [-0.25, -0.2) is 14.6 Å². The van der Waals surface area contributed by atoms with Gasteiger partial charge in [-0.1, -0.05) is 17.3 Å². The van der Waals surface area contributed by atoms with Crippen LogP contribution in [0.2, 0.25) is 0 Å². The van der Waals surface area contributed by atoms with Gasteiger partial charge in [0.15, 0.2) is 10.8 Å². The van der Waals surface area contributed by atoms with Crippen LogP contribution in [0.25, 0.3) is 0 Å². The van der Waals surface area contributed by atoms with Crippen LogP contribution in [-0.2, 0) is 25.6 Å². The largest absolute Gasteiger partial charge is 0.507 e. The van der Waals surface area contributed by atoms with E-state index in [-0.39, 0.29) is 35.3 Å². The number of aliphatic carboxylic acids is 1. The Balaban J connectivity index is 0.00000722. The van der Waals surface area contributed by atoms with Gasteiger partial charge in [-0.15, -0.1) is 23.7 Å². The molecule has 1 heterocycles. The molecule has 0 aliphatic carbocycles. The van der Waals surface area contributed by atoms with E-state index >= 15 is 0 Å². The van der Waals surface area contributed by atoms with Gasteiger partial charge >= 0.3 is 19.1 Å². The highest BCUT2D eigenvalue weighted by molar-refractivity contribution is 7.14. The summed E-state index contributed by atoms with van der Waals surface area (Å²) in [6, 6.07) is 3.78. The lowest BCUT2D eigenvalue weighted by Crippen LogP contribution is -2.50. The van der Waals surface area contributed by atoms with Crippen LogP contribution < -0.4 is 16.4 Å². The number of phenols is 1. The molecule has 0 saturated heterocycles. The predicted octanol–water partition coefficient (Wildman–Crippen LogP) is -0.811. The first kappa shape index (κ1) is 32.3. The van der Waals surface area contributed by atoms with Gasteiger partial charge in [-0.05, 0) is 31.9 Å². The highest BCUT2D eigenvalue weighted by Crippen LogP contribution is 2.24. The van der Waals surface area contributed by atoms with E-state index in [9.17, 15) is 44.5 Å². The molecule has 0 saturated carbocycles. The SMILES string of the molecule is CC(C)(O/N=C(\C(=O)N[C@@H](Cc1cccc(C(=O)O)c1O)B(O)O)c1csc(NC(=O)CN)n1)C(=O)O.Cl. The molecule has 2 amide bonds. The van der Waals surface area contributed by atoms with Crippen LogP contribution in [0.15, 0.2) is 28.7 Å². The summed E-state index contributed by atoms with van der Waals surface area (Å²) in [5.74, 6) is -6.60. The van der Waals surface area contributed by atoms with E-state index in [0.29, 0.717) is 0 Å². The number of benzene rings is 1. The molecular formula is C20H25BClN5O10S. The number of carbonyl (C=O) groups excluding carboxylic acids is 2. The van der Waals surface area contributed by atoms with Crippen LogP contribution in [0.1, 0.15) is 35.5 Å². The Hall–Kier alpha value is -3.77. The molecule has 2 rings (SSSR count). The number of aromatic carboxylic acids is 1. The van der Waals surface area contributed by atoms with Gasteiger partial charge in [0, 0.05) is 5.38 Å². The summed E-state index contributed by atoms with van der Waals surface area (Å²) < 4.78 is 0. The number of nitrogens with zero attached hydrogens (tertiary/aromatic N) is 2. The molecule has 1 aromatic heterocycles. The van der Waals surface area contributed by atoms with E-state index < -0.39 is 65.9 Å². The molecule has 0 aliphatic rings. The average Bonchev–Trinajstić information content (AvgIpc) is 3.27. The number of amides is 2. The molecule has 0 spiro atoms. The molecule has 9 N–H and O–H groups in total. The van der Waals surface area contributed by atoms with Crippen molar-refractivity contribution >= 4 is 65.5 Å². The minimum absolute atomic E-state index is 0. The Labute approximate surface area is 225 Å². The van der Waals surface area contributed by atoms with Crippen molar-refractivity contribution in [1.82, 2.24) is 10.3 Å². The summed E-state index contributed by atoms with van der Waals surface area (Å²) in [5.41, 5.74) is 2.20. The number of para-hydroxylation sites is 1. The molecule has 18 heteroatoms. The number of aromatic hydroxyl groups is 1. The molecule has 0 fully saturated rings. The standard InChI is InChI=1S/C20H24BN5O10S.ClH/c1-20(2,18(32)33)36-26-14(11-8-37-19(23-11)25-13(27)7-22)16(29)24-12(21(34)35)6-9-4-3-5-10(15(9)28)17(30)31;/h3-5,8,12,28,34-35H,6-7,22H2,1-2H3,(H,24,29)(H,30,31)(H,32,33)(H,23,25,27);1H/b26-14-;/t12-;/m0./s1. The molecule has 15 nitrogen and oxygen atoms in total. The number of hydrogen-bond acceptors (Lipinski definition) is 12. The third kappa shape index (κ3) is 8.39. The lowest BCUT2D eigenvalue weighted by atomic mass is 9.75. The molecule has 0 unspecified atom stereocenters. The number of hydrogen-bond donors (Lipinski definition) is 8. The maximum Gasteiger partial charge on any atom is 0.475 e. The molecule has 0 radical (unpaired) electrons. The second-order valence-corrected chi connectivity index (χ2v) is 8.81. The van der Waals surface area contributed by atoms with E-state index in [4.69, 9.17) is 10.6 Å². The first-order valence-electron chi connectivity index (χ1n) is 10.4. The zero-order valence-electron chi connectivity index (χ0n) is 19.9. The highest BCUT2D eigenvalue weighted by Gasteiger charge is 2.33. The van der Waals surface area contributed by atoms with Gasteiger partial charge in [0.05, 0.1) is 12.5 Å². The summed E-state index contributed by atoms with van der Waals surface area (Å²) in [6.45, 7) is 2.00. The minimum Gasteiger partial charge on any atom is -0.507 e. The highest BCUT2D eigenvalue weighted by atomic mass is 35.5. The van der Waals surface area contributed by atoms with Crippen LogP contribution in [0.3, 0.4) is 0 Å². The summed E-state index contributed by atoms with van der Waals surface area (Å²) in [7, 11) is -2.18. The van der Waals surface area contributed by atoms with Crippen molar-refractivity contribution in [3.05, 3.63) is 40.4 Å². The zero-order chi connectivity index (χ0) is 27.9. The van der Waals surface area contributed by atoms with Crippen LogP contribution in [0, 0.1) is 0 Å². The van der Waals surface area contributed by atoms with Gasteiger partial charge < -0.3 is 46.6 Å². The smallest absolute Gasteiger partial charge is 0.475 e. The van der Waals surface area contributed by atoms with Crippen LogP contribution in [0.5, 0.6) is 5.75 Å². The van der Waals surface area contributed by atoms with Crippen LogP contribution >= 0.6 is 23.7 Å². The van der Waals surface area contributed by atoms with E-state index in [0.717, 1.165) is 17.4 Å². The van der Waals surface area contributed by atoms with Crippen LogP contribution in [-0.4, -0.2) is 85.0 Å². The van der Waals surface area contributed by atoms with Crippen LogP contribution in [0.4, 0.5) is 5.13 Å². The zero-order valence-corrected chi connectivity index (χ0v) is 21.6. The van der Waals surface area contributed by atoms with E-state index in [2.05, 4.69) is 20.8 Å². The number of nitrogens with two attached hydrogens (primary N) is 1. The van der Waals surface area contributed by atoms with E-state index in [1.165, 1.54) is 31.4 Å². The van der Waals surface area contributed by atoms with Crippen molar-refractivity contribution in [1.29, 1.82) is 0 Å². The second kappa shape index (κ2) is 13.7. The molecule has 206 valence electrons. The van der Waals surface area contributed by atoms with Gasteiger partial charge in [-0.2, -0.15) is 0 Å². The minimum atomic E-state index is -2.18. The molecule has 1 atom stereocenters. The van der Waals surface area contributed by atoms with Crippen molar-refractivity contribution in [2.45, 2.75) is 31.8 Å². The number of nitrogens with one attached hydrogen (secondary N) is 2. The summed E-state index contributed by atoms with van der Waals surface area (Å²) in [4.78, 5) is 56.3. The Bertz CT molecular complexity index is 1220. The number of thiazole rings is 1. The number of carboxylic acids is 2. The fraction of sp³-hybridized carbons (Fsp3) is 0.300. The molecular weight excluding hydrogens is 549 g/mol. The number of rotatable bonds is 12. The van der Waals surface area contributed by atoms with Crippen molar-refractivity contribution in [3.8, 4) is 5.75 Å². The maximum atomic E-state index is 13.1. The number of oxime groups is 1.